The molecule has 0 spiro atoms. The van der Waals surface area contributed by atoms with Crippen LogP contribution in [0.15, 0.2) is 96.4 Å². The van der Waals surface area contributed by atoms with Crippen molar-refractivity contribution in [2.24, 2.45) is 0 Å². The van der Waals surface area contributed by atoms with Crippen molar-refractivity contribution in [1.82, 2.24) is 20.7 Å². The second-order valence-electron chi connectivity index (χ2n) is 9.21. The van der Waals surface area contributed by atoms with Gasteiger partial charge in [-0.2, -0.15) is 0 Å². The molecule has 3 aromatic carbocycles. The monoisotopic (exact) mass is 496 g/mol. The van der Waals surface area contributed by atoms with Gasteiger partial charge in [-0.1, -0.05) is 72.8 Å². The summed E-state index contributed by atoms with van der Waals surface area (Å²) < 4.78 is 5.33. The fraction of sp³-hybridized carbons (Fsp3) is 0.200. The van der Waals surface area contributed by atoms with Gasteiger partial charge in [-0.05, 0) is 56.9 Å². The summed E-state index contributed by atoms with van der Waals surface area (Å²) in [6.07, 6.45) is 0.704. The predicted molar refractivity (Wildman–Crippen MR) is 146 cm³/mol. The Morgan fingerprint density at radius 1 is 0.892 bits per heavy atom. The molecule has 190 valence electrons. The maximum Gasteiger partial charge on any atom is 0.276 e. The Hall–Kier alpha value is -4.20. The molecule has 37 heavy (non-hydrogen) atoms. The summed E-state index contributed by atoms with van der Waals surface area (Å²) in [5.41, 5.74) is 8.68. The average molecular weight is 497 g/mol. The summed E-state index contributed by atoms with van der Waals surface area (Å²) in [4.78, 5) is 26.2. The van der Waals surface area contributed by atoms with Gasteiger partial charge in [-0.15, -0.1) is 0 Å². The number of fused-ring (bicyclic) bond motifs is 1. The minimum Gasteiger partial charge on any atom is -0.486 e. The lowest BCUT2D eigenvalue weighted by Crippen LogP contribution is -2.46. The number of hydrazine groups is 1. The molecule has 0 aliphatic carbocycles. The largest absolute Gasteiger partial charge is 0.486 e. The van der Waals surface area contributed by atoms with E-state index < -0.39 is 0 Å². The summed E-state index contributed by atoms with van der Waals surface area (Å²) in [6, 6.07) is 27.2. The van der Waals surface area contributed by atoms with E-state index in [-0.39, 0.29) is 18.6 Å². The molecule has 3 aromatic rings. The molecule has 1 amide bonds. The lowest BCUT2D eigenvalue weighted by atomic mass is 9.93. The molecule has 0 saturated carbocycles. The highest BCUT2D eigenvalue weighted by molar-refractivity contribution is 6.22. The minimum absolute atomic E-state index is 0.00343. The van der Waals surface area contributed by atoms with Gasteiger partial charge in [0, 0.05) is 11.3 Å². The molecule has 7 heteroatoms. The van der Waals surface area contributed by atoms with Crippen LogP contribution in [-0.4, -0.2) is 49.9 Å². The Morgan fingerprint density at radius 2 is 1.49 bits per heavy atom. The van der Waals surface area contributed by atoms with Crippen molar-refractivity contribution in [3.8, 4) is 5.75 Å². The smallest absolute Gasteiger partial charge is 0.276 e. The number of carbonyl (C=O) groups is 2. The van der Waals surface area contributed by atoms with Crippen molar-refractivity contribution in [2.75, 3.05) is 27.7 Å². The highest BCUT2D eigenvalue weighted by atomic mass is 16.5. The van der Waals surface area contributed by atoms with Gasteiger partial charge in [0.2, 0.25) is 0 Å². The SMILES string of the molecule is CC1=C(c2ccc(OCC=O)cc2)C(=O)N2NC(c3ccccc3)C(c3ccccc3)=C2N1.CN(C)C. The van der Waals surface area contributed by atoms with Gasteiger partial charge >= 0.3 is 0 Å². The van der Waals surface area contributed by atoms with Crippen LogP contribution in [0.3, 0.4) is 0 Å². The van der Waals surface area contributed by atoms with Crippen molar-refractivity contribution in [3.05, 3.63) is 113 Å². The van der Waals surface area contributed by atoms with Crippen molar-refractivity contribution >= 4 is 23.3 Å². The minimum atomic E-state index is -0.175. The number of benzene rings is 3. The molecule has 7 nitrogen and oxygen atoms in total. The quantitative estimate of drug-likeness (QED) is 0.498. The van der Waals surface area contributed by atoms with E-state index in [1.54, 1.807) is 17.1 Å². The molecule has 0 saturated heterocycles. The van der Waals surface area contributed by atoms with Gasteiger partial charge in [-0.25, -0.2) is 10.4 Å². The van der Waals surface area contributed by atoms with Gasteiger partial charge in [-0.3, -0.25) is 9.59 Å². The van der Waals surface area contributed by atoms with Crippen molar-refractivity contribution in [2.45, 2.75) is 13.0 Å². The van der Waals surface area contributed by atoms with Crippen LogP contribution in [0.25, 0.3) is 11.1 Å². The second-order valence-corrected chi connectivity index (χ2v) is 9.21. The zero-order valence-electron chi connectivity index (χ0n) is 21.6. The zero-order chi connectivity index (χ0) is 26.4. The number of nitrogens with zero attached hydrogens (tertiary/aromatic N) is 2. The van der Waals surface area contributed by atoms with E-state index in [4.69, 9.17) is 4.74 Å². The molecule has 2 aliphatic heterocycles. The van der Waals surface area contributed by atoms with Crippen molar-refractivity contribution < 1.29 is 14.3 Å². The fourth-order valence-corrected chi connectivity index (χ4v) is 4.31. The lowest BCUT2D eigenvalue weighted by Gasteiger charge is -2.30. The van der Waals surface area contributed by atoms with Gasteiger partial charge in [0.1, 0.15) is 18.2 Å². The number of aldehydes is 1. The van der Waals surface area contributed by atoms with Crippen LogP contribution in [-0.2, 0) is 9.59 Å². The second kappa shape index (κ2) is 11.7. The Bertz CT molecular complexity index is 1300. The number of hydrogen-bond donors (Lipinski definition) is 2. The Balaban J connectivity index is 0.000000747. The van der Waals surface area contributed by atoms with E-state index in [2.05, 4.69) is 35.0 Å². The van der Waals surface area contributed by atoms with E-state index in [9.17, 15) is 9.59 Å². The summed E-state index contributed by atoms with van der Waals surface area (Å²) >= 11 is 0. The maximum atomic E-state index is 13.7. The third-order valence-electron chi connectivity index (χ3n) is 5.80. The number of carbonyl (C=O) groups excluding carboxylic acids is 2. The molecule has 5 rings (SSSR count). The standard InChI is InChI=1S/C27H23N3O3.C3H9N/c1-18-23(20-12-14-22(15-13-20)33-17-16-31)27(32)30-26(28-18)24(19-8-4-2-5-9-19)25(29-30)21-10-6-3-7-11-21;1-4(2)3/h2-16,25,28-29H,17H2,1H3;1-3H3. The Kier molecular flexibility index (Phi) is 8.18. The highest BCUT2D eigenvalue weighted by Crippen LogP contribution is 2.41. The molecule has 0 fully saturated rings. The van der Waals surface area contributed by atoms with E-state index in [0.29, 0.717) is 17.6 Å². The molecule has 0 radical (unpaired) electrons. The highest BCUT2D eigenvalue weighted by Gasteiger charge is 2.41. The topological polar surface area (TPSA) is 73.9 Å². The third-order valence-corrected chi connectivity index (χ3v) is 5.80. The Morgan fingerprint density at radius 3 is 2.08 bits per heavy atom. The number of nitrogens with one attached hydrogen (secondary N) is 2. The van der Waals surface area contributed by atoms with Crippen LogP contribution in [0.2, 0.25) is 0 Å². The van der Waals surface area contributed by atoms with E-state index in [0.717, 1.165) is 33.8 Å². The molecular formula is C30H32N4O3. The molecule has 0 bridgehead atoms. The van der Waals surface area contributed by atoms with Gasteiger partial charge < -0.3 is 15.0 Å². The molecule has 1 unspecified atom stereocenters. The number of rotatable bonds is 6. The molecule has 2 N–H and O–H groups in total. The number of amides is 1. The molecule has 2 heterocycles. The van der Waals surface area contributed by atoms with E-state index >= 15 is 0 Å². The van der Waals surface area contributed by atoms with Crippen LogP contribution >= 0.6 is 0 Å². The summed E-state index contributed by atoms with van der Waals surface area (Å²) in [5.74, 6) is 1.19. The first-order valence-corrected chi connectivity index (χ1v) is 12.1. The summed E-state index contributed by atoms with van der Waals surface area (Å²) in [7, 11) is 6.00. The van der Waals surface area contributed by atoms with Gasteiger partial charge in [0.05, 0.1) is 11.6 Å². The Labute approximate surface area is 218 Å². The zero-order valence-corrected chi connectivity index (χ0v) is 21.6. The van der Waals surface area contributed by atoms with Crippen molar-refractivity contribution in [1.29, 1.82) is 0 Å². The summed E-state index contributed by atoms with van der Waals surface area (Å²) in [6.45, 7) is 1.91. The maximum absolute atomic E-state index is 13.7. The molecule has 2 aliphatic rings. The first kappa shape index (κ1) is 25.9. The first-order chi connectivity index (χ1) is 17.9. The molecular weight excluding hydrogens is 464 g/mol. The first-order valence-electron chi connectivity index (χ1n) is 12.1. The van der Waals surface area contributed by atoms with Gasteiger partial charge in [0.15, 0.2) is 6.29 Å². The van der Waals surface area contributed by atoms with Gasteiger partial charge in [0.25, 0.3) is 5.91 Å². The van der Waals surface area contributed by atoms with Crippen LogP contribution in [0.4, 0.5) is 0 Å². The molecule has 1 atom stereocenters. The van der Waals surface area contributed by atoms with Crippen LogP contribution in [0.5, 0.6) is 5.75 Å². The number of allylic oxidation sites excluding steroid dienone is 1. The number of ether oxygens (including phenoxy) is 1. The summed E-state index contributed by atoms with van der Waals surface area (Å²) in [5, 5.41) is 5.09. The lowest BCUT2D eigenvalue weighted by molar-refractivity contribution is -0.126. The molecule has 0 aromatic heterocycles. The average Bonchev–Trinajstić information content (AvgIpc) is 3.28. The van der Waals surface area contributed by atoms with Crippen LogP contribution in [0, 0.1) is 0 Å². The van der Waals surface area contributed by atoms with E-state index in [1.807, 2.05) is 81.5 Å². The van der Waals surface area contributed by atoms with E-state index in [1.165, 1.54) is 0 Å². The van der Waals surface area contributed by atoms with Crippen LogP contribution < -0.4 is 15.5 Å². The number of hydrogen-bond acceptors (Lipinski definition) is 6. The fourth-order valence-electron chi connectivity index (χ4n) is 4.31. The predicted octanol–water partition coefficient (Wildman–Crippen LogP) is 4.23. The van der Waals surface area contributed by atoms with Crippen LogP contribution in [0.1, 0.15) is 29.7 Å². The normalized spacial score (nSPS) is 16.7. The third kappa shape index (κ3) is 5.80. The van der Waals surface area contributed by atoms with Crippen molar-refractivity contribution in [3.63, 3.8) is 0 Å².